The lowest BCUT2D eigenvalue weighted by Gasteiger charge is -2.39. The maximum Gasteiger partial charge on any atom is 0.0595 e. The number of rotatable bonds is 2. The molecular formula is C14H20Cl2N2. The molecule has 4 heteroatoms. The maximum absolute atomic E-state index is 6.09. The molecule has 1 saturated heterocycles. The van der Waals surface area contributed by atoms with E-state index in [1.807, 2.05) is 12.1 Å². The average molecular weight is 287 g/mol. The van der Waals surface area contributed by atoms with Crippen molar-refractivity contribution in [2.45, 2.75) is 38.9 Å². The fourth-order valence-electron chi connectivity index (χ4n) is 2.67. The summed E-state index contributed by atoms with van der Waals surface area (Å²) in [7, 11) is 0. The normalized spacial score (nSPS) is 27.2. The molecule has 0 saturated carbocycles. The van der Waals surface area contributed by atoms with Crippen molar-refractivity contribution in [3.8, 4) is 0 Å². The van der Waals surface area contributed by atoms with Gasteiger partial charge in [0.1, 0.15) is 0 Å². The summed E-state index contributed by atoms with van der Waals surface area (Å²) in [5.74, 6) is 0. The van der Waals surface area contributed by atoms with E-state index in [1.165, 1.54) is 5.56 Å². The minimum Gasteiger partial charge on any atom is -0.309 e. The molecule has 1 aliphatic heterocycles. The molecule has 0 amide bonds. The van der Waals surface area contributed by atoms with Crippen molar-refractivity contribution >= 4 is 23.2 Å². The highest BCUT2D eigenvalue weighted by Gasteiger charge is 2.25. The van der Waals surface area contributed by atoms with Gasteiger partial charge in [-0.2, -0.15) is 0 Å². The highest BCUT2D eigenvalue weighted by atomic mass is 35.5. The summed E-state index contributed by atoms with van der Waals surface area (Å²) in [5, 5.41) is 4.80. The van der Waals surface area contributed by atoms with Gasteiger partial charge in [-0.1, -0.05) is 29.3 Å². The molecule has 100 valence electrons. The first-order chi connectivity index (χ1) is 8.47. The van der Waals surface area contributed by atoms with Crippen molar-refractivity contribution in [1.29, 1.82) is 0 Å². The molecule has 1 N–H and O–H groups in total. The molecule has 1 aliphatic rings. The number of halogens is 2. The Balaban J connectivity index is 2.14. The Labute approximate surface area is 119 Å². The summed E-state index contributed by atoms with van der Waals surface area (Å²) >= 11 is 12.1. The Morgan fingerprint density at radius 3 is 2.33 bits per heavy atom. The third kappa shape index (κ3) is 3.18. The van der Waals surface area contributed by atoms with Crippen LogP contribution >= 0.6 is 23.2 Å². The summed E-state index contributed by atoms with van der Waals surface area (Å²) in [6.07, 6.45) is 0. The van der Waals surface area contributed by atoms with E-state index in [2.05, 4.69) is 37.1 Å². The number of hydrogen-bond donors (Lipinski definition) is 1. The van der Waals surface area contributed by atoms with Crippen molar-refractivity contribution in [3.05, 3.63) is 33.8 Å². The standard InChI is InChI=1S/C14H20Cl2N2/c1-9-7-18(8-10(2)17-9)11(3)12-4-5-13(15)14(16)6-12/h4-6,9-11,17H,7-8H2,1-3H3. The lowest BCUT2D eigenvalue weighted by molar-refractivity contribution is 0.131. The van der Waals surface area contributed by atoms with Crippen LogP contribution < -0.4 is 5.32 Å². The smallest absolute Gasteiger partial charge is 0.0595 e. The predicted molar refractivity (Wildman–Crippen MR) is 78.5 cm³/mol. The first-order valence-electron chi connectivity index (χ1n) is 6.42. The van der Waals surface area contributed by atoms with E-state index in [1.54, 1.807) is 0 Å². The van der Waals surface area contributed by atoms with E-state index < -0.39 is 0 Å². The second-order valence-corrected chi connectivity index (χ2v) is 6.09. The Bertz CT molecular complexity index is 412. The van der Waals surface area contributed by atoms with Crippen molar-refractivity contribution in [1.82, 2.24) is 10.2 Å². The molecule has 3 atom stereocenters. The summed E-state index contributed by atoms with van der Waals surface area (Å²) in [5.41, 5.74) is 1.23. The lowest BCUT2D eigenvalue weighted by Crippen LogP contribution is -2.54. The van der Waals surface area contributed by atoms with Gasteiger partial charge >= 0.3 is 0 Å². The number of piperazine rings is 1. The van der Waals surface area contributed by atoms with Crippen molar-refractivity contribution in [2.75, 3.05) is 13.1 Å². The molecule has 1 aromatic rings. The number of nitrogens with zero attached hydrogens (tertiary/aromatic N) is 1. The van der Waals surface area contributed by atoms with Crippen molar-refractivity contribution in [3.63, 3.8) is 0 Å². The second kappa shape index (κ2) is 5.79. The highest BCUT2D eigenvalue weighted by Crippen LogP contribution is 2.29. The van der Waals surface area contributed by atoms with Crippen LogP contribution in [0.2, 0.25) is 10.0 Å². The molecule has 2 rings (SSSR count). The second-order valence-electron chi connectivity index (χ2n) is 5.27. The first-order valence-corrected chi connectivity index (χ1v) is 7.18. The SMILES string of the molecule is CC1CN(C(C)c2ccc(Cl)c(Cl)c2)CC(C)N1. The Hall–Kier alpha value is -0.280. The fraction of sp³-hybridized carbons (Fsp3) is 0.571. The van der Waals surface area contributed by atoms with E-state index in [0.29, 0.717) is 28.2 Å². The van der Waals surface area contributed by atoms with Crippen LogP contribution in [0.1, 0.15) is 32.4 Å². The molecule has 0 aromatic heterocycles. The molecule has 2 nitrogen and oxygen atoms in total. The van der Waals surface area contributed by atoms with E-state index in [9.17, 15) is 0 Å². The van der Waals surface area contributed by atoms with E-state index in [4.69, 9.17) is 23.2 Å². The third-order valence-corrected chi connectivity index (χ3v) is 4.30. The minimum atomic E-state index is 0.367. The molecule has 0 radical (unpaired) electrons. The van der Waals surface area contributed by atoms with Gasteiger partial charge in [0.15, 0.2) is 0 Å². The molecule has 1 aromatic carbocycles. The van der Waals surface area contributed by atoms with Gasteiger partial charge in [-0.3, -0.25) is 4.90 Å². The molecule has 3 unspecified atom stereocenters. The van der Waals surface area contributed by atoms with Gasteiger partial charge < -0.3 is 5.32 Å². The van der Waals surface area contributed by atoms with Gasteiger partial charge in [-0.15, -0.1) is 0 Å². The predicted octanol–water partition coefficient (Wildman–Crippen LogP) is 3.74. The Morgan fingerprint density at radius 1 is 1.17 bits per heavy atom. The highest BCUT2D eigenvalue weighted by molar-refractivity contribution is 6.42. The van der Waals surface area contributed by atoms with Gasteiger partial charge in [0.05, 0.1) is 10.0 Å². The fourth-order valence-corrected chi connectivity index (χ4v) is 2.97. The number of hydrogen-bond acceptors (Lipinski definition) is 2. The zero-order valence-corrected chi connectivity index (χ0v) is 12.6. The molecule has 1 heterocycles. The summed E-state index contributed by atoms with van der Waals surface area (Å²) in [6.45, 7) is 8.80. The Kier molecular flexibility index (Phi) is 4.54. The van der Waals surface area contributed by atoms with E-state index >= 15 is 0 Å². The lowest BCUT2D eigenvalue weighted by atomic mass is 10.0. The van der Waals surface area contributed by atoms with E-state index in [0.717, 1.165) is 13.1 Å². The van der Waals surface area contributed by atoms with Crippen LogP contribution in [0.15, 0.2) is 18.2 Å². The number of nitrogens with one attached hydrogen (secondary N) is 1. The molecular weight excluding hydrogens is 267 g/mol. The summed E-state index contributed by atoms with van der Waals surface area (Å²) < 4.78 is 0. The molecule has 0 spiro atoms. The third-order valence-electron chi connectivity index (χ3n) is 3.56. The number of benzene rings is 1. The molecule has 1 fully saturated rings. The summed E-state index contributed by atoms with van der Waals surface area (Å²) in [6, 6.07) is 7.34. The van der Waals surface area contributed by atoms with Gasteiger partial charge in [0.2, 0.25) is 0 Å². The Morgan fingerprint density at radius 2 is 1.78 bits per heavy atom. The monoisotopic (exact) mass is 286 g/mol. The molecule has 0 aliphatic carbocycles. The van der Waals surface area contributed by atoms with Crippen LogP contribution in [0.5, 0.6) is 0 Å². The zero-order valence-electron chi connectivity index (χ0n) is 11.1. The van der Waals surface area contributed by atoms with Crippen molar-refractivity contribution < 1.29 is 0 Å². The molecule has 18 heavy (non-hydrogen) atoms. The first kappa shape index (κ1) is 14.1. The van der Waals surface area contributed by atoms with Crippen LogP contribution in [-0.4, -0.2) is 30.1 Å². The van der Waals surface area contributed by atoms with Gasteiger partial charge in [-0.05, 0) is 38.5 Å². The van der Waals surface area contributed by atoms with Crippen LogP contribution in [-0.2, 0) is 0 Å². The maximum atomic E-state index is 6.09. The average Bonchev–Trinajstić information content (AvgIpc) is 2.30. The van der Waals surface area contributed by atoms with Crippen LogP contribution in [0.3, 0.4) is 0 Å². The van der Waals surface area contributed by atoms with Crippen LogP contribution in [0.4, 0.5) is 0 Å². The quantitative estimate of drug-likeness (QED) is 0.891. The van der Waals surface area contributed by atoms with E-state index in [-0.39, 0.29) is 0 Å². The topological polar surface area (TPSA) is 15.3 Å². The zero-order chi connectivity index (χ0) is 13.3. The molecule has 0 bridgehead atoms. The summed E-state index contributed by atoms with van der Waals surface area (Å²) in [4.78, 5) is 2.49. The van der Waals surface area contributed by atoms with Gasteiger partial charge in [0, 0.05) is 31.2 Å². The van der Waals surface area contributed by atoms with Crippen LogP contribution in [0.25, 0.3) is 0 Å². The van der Waals surface area contributed by atoms with Crippen LogP contribution in [0, 0.1) is 0 Å². The largest absolute Gasteiger partial charge is 0.309 e. The van der Waals surface area contributed by atoms with Gasteiger partial charge in [-0.25, -0.2) is 0 Å². The van der Waals surface area contributed by atoms with Gasteiger partial charge in [0.25, 0.3) is 0 Å². The minimum absolute atomic E-state index is 0.367. The van der Waals surface area contributed by atoms with Crippen molar-refractivity contribution in [2.24, 2.45) is 0 Å².